The minimum Gasteiger partial charge on any atom is -0.309 e. The zero-order valence-corrected chi connectivity index (χ0v) is 34.7. The zero-order chi connectivity index (χ0) is 48.8. The maximum Gasteiger partial charge on any atom is 0.140 e. The summed E-state index contributed by atoms with van der Waals surface area (Å²) in [5.74, 6) is 0.682. The minimum absolute atomic E-state index is 0.00762. The van der Waals surface area contributed by atoms with E-state index in [0.29, 0.717) is 11.4 Å². The topological polar surface area (TPSA) is 27.7 Å². The van der Waals surface area contributed by atoms with Crippen molar-refractivity contribution in [3.8, 4) is 39.6 Å². The van der Waals surface area contributed by atoms with Crippen LogP contribution in [0.1, 0.15) is 11.0 Å². The summed E-state index contributed by atoms with van der Waals surface area (Å²) in [6.07, 6.45) is 0. The van der Waals surface area contributed by atoms with E-state index in [1.165, 1.54) is 14.7 Å². The van der Waals surface area contributed by atoms with Crippen molar-refractivity contribution in [2.24, 2.45) is 0 Å². The van der Waals surface area contributed by atoms with E-state index in [4.69, 9.17) is 10.5 Å². The Balaban J connectivity index is 1.21. The average Bonchev–Trinajstić information content (AvgIpc) is 4.17. The first kappa shape index (κ1) is 28.4. The molecule has 0 aliphatic heterocycles. The Morgan fingerprint density at radius 2 is 0.828 bits per heavy atom. The molecule has 4 nitrogen and oxygen atoms in total. The van der Waals surface area contributed by atoms with Crippen LogP contribution in [0.25, 0.3) is 125 Å². The Bertz CT molecular complexity index is 4510. The maximum absolute atomic E-state index is 9.51. The van der Waals surface area contributed by atoms with Gasteiger partial charge in [-0.3, -0.25) is 9.13 Å². The van der Waals surface area contributed by atoms with Crippen LogP contribution in [0.5, 0.6) is 0 Å². The highest BCUT2D eigenvalue weighted by atomic mass is 32.1. The highest BCUT2D eigenvalue weighted by Gasteiger charge is 2.24. The van der Waals surface area contributed by atoms with E-state index in [9.17, 15) is 5.48 Å². The molecule has 0 aliphatic carbocycles. The average molecular weight is 841 g/mol. The third-order valence-electron chi connectivity index (χ3n) is 12.7. The van der Waals surface area contributed by atoms with Crippen molar-refractivity contribution in [1.29, 1.82) is 0 Å². The van der Waals surface area contributed by atoms with Gasteiger partial charge >= 0.3 is 0 Å². The van der Waals surface area contributed by atoms with Crippen molar-refractivity contribution in [2.45, 2.75) is 0 Å². The molecule has 0 amide bonds. The number of fused-ring (bicyclic) bond motifs is 12. The van der Waals surface area contributed by atoms with Gasteiger partial charge in [0.15, 0.2) is 0 Å². The van der Waals surface area contributed by atoms with Gasteiger partial charge in [-0.1, -0.05) is 158 Å². The van der Waals surface area contributed by atoms with E-state index in [2.05, 4.69) is 149 Å². The van der Waals surface area contributed by atoms with Gasteiger partial charge in [-0.15, -0.1) is 11.3 Å². The molecule has 0 bridgehead atoms. The maximum atomic E-state index is 9.51. The summed E-state index contributed by atoms with van der Waals surface area (Å²) in [7, 11) is 0. The molecule has 5 aromatic heterocycles. The predicted octanol–water partition coefficient (Wildman–Crippen LogP) is 16.1. The van der Waals surface area contributed by atoms with Crippen LogP contribution >= 0.6 is 11.3 Å². The molecule has 0 fully saturated rings. The number of pyridine rings is 1. The standard InChI is InChI=1S/C59H36N4S/c1-8-27-48-38(17-1)39-18-2-9-28-49(39)61(48)54-33-16-24-45(47-26-15-25-46-44-23-7-14-34-55(44)64-59(46)47)58(54)37-35-56(62-50-29-10-3-19-40(50)41-20-4-11-30-51(41)62)60-57(36-37)63-52-31-12-5-21-42(52)43-22-6-13-32-53(43)63/h1-36H/i3D,4D,10D,11D,19D,20D,29D,30D. The minimum atomic E-state index is -0.508. The SMILES string of the molecule is [2H]c1c([2H])c([2H])c2c(c1[2H])c1c([2H])c([2H])c([2H])c([2H])c1n2-c1cc(-c2c(-c3cccc4c3sc3ccccc34)cccc2-n2c3ccccc3c3ccccc32)cc(-n2c3ccccc3c3ccccc32)n1. The largest absolute Gasteiger partial charge is 0.309 e. The first-order valence-electron chi connectivity index (χ1n) is 25.1. The molecule has 0 unspecified atom stereocenters. The predicted molar refractivity (Wildman–Crippen MR) is 271 cm³/mol. The third kappa shape index (κ3) is 5.01. The van der Waals surface area contributed by atoms with Crippen LogP contribution in [-0.2, 0) is 0 Å². The van der Waals surface area contributed by atoms with Crippen molar-refractivity contribution in [2.75, 3.05) is 0 Å². The lowest BCUT2D eigenvalue weighted by molar-refractivity contribution is 1.01. The molecule has 9 aromatic carbocycles. The van der Waals surface area contributed by atoms with Crippen molar-refractivity contribution in [3.05, 3.63) is 218 Å². The smallest absolute Gasteiger partial charge is 0.140 e. The van der Waals surface area contributed by atoms with E-state index in [1.54, 1.807) is 11.3 Å². The summed E-state index contributed by atoms with van der Waals surface area (Å²) in [5.41, 5.74) is 8.14. The first-order chi connectivity index (χ1) is 35.1. The van der Waals surface area contributed by atoms with E-state index >= 15 is 0 Å². The summed E-state index contributed by atoms with van der Waals surface area (Å²) >= 11 is 1.74. The molecular formula is C59H36N4S. The Hall–Kier alpha value is -8.25. The molecule has 0 saturated heterocycles. The van der Waals surface area contributed by atoms with Crippen LogP contribution in [0.2, 0.25) is 0 Å². The van der Waals surface area contributed by atoms with E-state index in [1.807, 2.05) is 30.3 Å². The molecule has 5 heterocycles. The Labute approximate surface area is 383 Å². The number of benzene rings is 9. The number of para-hydroxylation sites is 6. The second-order valence-electron chi connectivity index (χ2n) is 16.1. The number of nitrogens with zero attached hydrogens (tertiary/aromatic N) is 4. The van der Waals surface area contributed by atoms with Gasteiger partial charge in [-0.25, -0.2) is 4.98 Å². The van der Waals surface area contributed by atoms with Gasteiger partial charge in [0.2, 0.25) is 0 Å². The van der Waals surface area contributed by atoms with Gasteiger partial charge in [-0.2, -0.15) is 0 Å². The second kappa shape index (κ2) is 13.6. The van der Waals surface area contributed by atoms with Gasteiger partial charge in [-0.05, 0) is 71.7 Å². The molecular weight excluding hydrogens is 797 g/mol. The van der Waals surface area contributed by atoms with Crippen LogP contribution in [0, 0.1) is 0 Å². The van der Waals surface area contributed by atoms with Crippen molar-refractivity contribution in [3.63, 3.8) is 0 Å². The third-order valence-corrected chi connectivity index (χ3v) is 13.9. The highest BCUT2D eigenvalue weighted by molar-refractivity contribution is 7.26. The fourth-order valence-electron chi connectivity index (χ4n) is 10.1. The molecule has 0 radical (unpaired) electrons. The van der Waals surface area contributed by atoms with Gasteiger partial charge in [0, 0.05) is 63.6 Å². The number of thiophene rings is 1. The lowest BCUT2D eigenvalue weighted by atomic mass is 9.92. The number of hydrogen-bond donors (Lipinski definition) is 0. The van der Waals surface area contributed by atoms with Crippen LogP contribution in [-0.4, -0.2) is 18.7 Å². The van der Waals surface area contributed by atoms with Crippen LogP contribution < -0.4 is 0 Å². The molecule has 298 valence electrons. The Morgan fingerprint density at radius 3 is 1.42 bits per heavy atom. The highest BCUT2D eigenvalue weighted by Crippen LogP contribution is 2.47. The van der Waals surface area contributed by atoms with Gasteiger partial charge < -0.3 is 4.57 Å². The van der Waals surface area contributed by atoms with Crippen molar-refractivity contribution >= 4 is 96.9 Å². The quantitative estimate of drug-likeness (QED) is 0.170. The fourth-order valence-corrected chi connectivity index (χ4v) is 11.3. The summed E-state index contributed by atoms with van der Waals surface area (Å²) in [4.78, 5) is 5.48. The summed E-state index contributed by atoms with van der Waals surface area (Å²) in [6.45, 7) is 0. The summed E-state index contributed by atoms with van der Waals surface area (Å²) in [5, 5.41) is 6.45. The first-order valence-corrected chi connectivity index (χ1v) is 22.0. The Kier molecular flexibility index (Phi) is 6.04. The molecule has 0 spiro atoms. The van der Waals surface area contributed by atoms with Gasteiger partial charge in [0.05, 0.1) is 49.8 Å². The summed E-state index contributed by atoms with van der Waals surface area (Å²) in [6, 6.07) is 54.7. The molecule has 0 saturated carbocycles. The number of rotatable bonds is 5. The fraction of sp³-hybridized carbons (Fsp3) is 0. The van der Waals surface area contributed by atoms with Crippen LogP contribution in [0.15, 0.2) is 218 Å². The van der Waals surface area contributed by atoms with Crippen LogP contribution in [0.4, 0.5) is 0 Å². The molecule has 14 aromatic rings. The number of aromatic nitrogens is 4. The summed E-state index contributed by atoms with van der Waals surface area (Å²) < 4.78 is 81.3. The second-order valence-corrected chi connectivity index (χ2v) is 17.1. The van der Waals surface area contributed by atoms with Crippen molar-refractivity contribution < 1.29 is 11.0 Å². The number of hydrogen-bond acceptors (Lipinski definition) is 2. The monoisotopic (exact) mass is 840 g/mol. The van der Waals surface area contributed by atoms with Gasteiger partial charge in [0.1, 0.15) is 11.6 Å². The molecule has 64 heavy (non-hydrogen) atoms. The van der Waals surface area contributed by atoms with E-state index < -0.39 is 48.3 Å². The normalized spacial score (nSPS) is 13.8. The van der Waals surface area contributed by atoms with Gasteiger partial charge in [0.25, 0.3) is 0 Å². The molecule has 0 N–H and O–H groups in total. The van der Waals surface area contributed by atoms with E-state index in [0.717, 1.165) is 76.1 Å². The lowest BCUT2D eigenvalue weighted by Gasteiger charge is -2.21. The molecule has 14 rings (SSSR count). The molecule has 5 heteroatoms. The molecule has 0 aliphatic rings. The Morgan fingerprint density at radius 1 is 0.375 bits per heavy atom. The lowest BCUT2D eigenvalue weighted by Crippen LogP contribution is -2.06. The molecule has 0 atom stereocenters. The van der Waals surface area contributed by atoms with Crippen LogP contribution in [0.3, 0.4) is 0 Å². The zero-order valence-electron chi connectivity index (χ0n) is 41.9. The van der Waals surface area contributed by atoms with Crippen molar-refractivity contribution in [1.82, 2.24) is 18.7 Å². The van der Waals surface area contributed by atoms with E-state index in [-0.39, 0.29) is 27.6 Å².